The Kier molecular flexibility index (Phi) is 1.36. The van der Waals surface area contributed by atoms with Crippen LogP contribution in [-0.2, 0) is 14.3 Å². The molecule has 3 nitrogen and oxygen atoms in total. The average Bonchev–Trinajstić information content (AvgIpc) is 2.68. The Bertz CT molecular complexity index is 261. The van der Waals surface area contributed by atoms with Crippen molar-refractivity contribution in [3.63, 3.8) is 0 Å². The van der Waals surface area contributed by atoms with Crippen LogP contribution in [0.15, 0.2) is 0 Å². The van der Waals surface area contributed by atoms with E-state index < -0.39 is 0 Å². The lowest BCUT2D eigenvalue weighted by atomic mass is 9.70. The second-order valence-electron chi connectivity index (χ2n) is 4.78. The number of hydrogen-bond donors (Lipinski definition) is 0. The first-order valence-electron chi connectivity index (χ1n) is 5.01. The summed E-state index contributed by atoms with van der Waals surface area (Å²) in [7, 11) is 0. The summed E-state index contributed by atoms with van der Waals surface area (Å²) in [4.78, 5) is 11.1. The third-order valence-electron chi connectivity index (χ3n) is 3.87. The summed E-state index contributed by atoms with van der Waals surface area (Å²) in [5, 5.41) is 0. The zero-order valence-corrected chi connectivity index (χ0v) is 7.79. The van der Waals surface area contributed by atoms with Crippen LogP contribution in [0.4, 0.5) is 0 Å². The lowest BCUT2D eigenvalue weighted by Gasteiger charge is -2.29. The molecule has 13 heavy (non-hydrogen) atoms. The fourth-order valence-corrected chi connectivity index (χ4v) is 3.02. The van der Waals surface area contributed by atoms with E-state index in [0.29, 0.717) is 31.2 Å². The molecule has 3 heteroatoms. The van der Waals surface area contributed by atoms with E-state index in [-0.39, 0.29) is 11.4 Å². The molecule has 3 heterocycles. The van der Waals surface area contributed by atoms with Crippen molar-refractivity contribution < 1.29 is 14.3 Å². The van der Waals surface area contributed by atoms with Crippen LogP contribution in [0.5, 0.6) is 0 Å². The summed E-state index contributed by atoms with van der Waals surface area (Å²) < 4.78 is 10.9. The molecule has 0 saturated carbocycles. The number of fused-ring (bicyclic) bond motifs is 3. The van der Waals surface area contributed by atoms with Gasteiger partial charge < -0.3 is 9.47 Å². The highest BCUT2D eigenvalue weighted by atomic mass is 16.6. The van der Waals surface area contributed by atoms with Crippen molar-refractivity contribution in [1.29, 1.82) is 0 Å². The fraction of sp³-hybridized carbons (Fsp3) is 0.900. The van der Waals surface area contributed by atoms with Crippen LogP contribution in [0, 0.1) is 11.3 Å². The number of carbonyl (C=O) groups is 1. The van der Waals surface area contributed by atoms with E-state index in [2.05, 4.69) is 6.92 Å². The molecule has 3 rings (SSSR count). The van der Waals surface area contributed by atoms with Gasteiger partial charge in [0.05, 0.1) is 18.6 Å². The minimum Gasteiger partial charge on any atom is -0.465 e. The van der Waals surface area contributed by atoms with Gasteiger partial charge in [0.25, 0.3) is 0 Å². The van der Waals surface area contributed by atoms with Gasteiger partial charge >= 0.3 is 5.97 Å². The first kappa shape index (κ1) is 7.80. The molecule has 3 fully saturated rings. The highest BCUT2D eigenvalue weighted by Crippen LogP contribution is 2.54. The van der Waals surface area contributed by atoms with Gasteiger partial charge in [-0.15, -0.1) is 0 Å². The molecule has 0 aromatic carbocycles. The summed E-state index contributed by atoms with van der Waals surface area (Å²) in [6.45, 7) is 2.83. The van der Waals surface area contributed by atoms with E-state index in [1.54, 1.807) is 0 Å². The van der Waals surface area contributed by atoms with Crippen LogP contribution in [0.2, 0.25) is 0 Å². The molecule has 3 aliphatic heterocycles. The summed E-state index contributed by atoms with van der Waals surface area (Å²) in [5.41, 5.74) is 0.0637. The zero-order chi connectivity index (χ0) is 9.05. The Balaban J connectivity index is 1.85. The molecule has 2 bridgehead atoms. The van der Waals surface area contributed by atoms with Crippen LogP contribution >= 0.6 is 0 Å². The predicted octanol–water partition coefficient (Wildman–Crippen LogP) is 1.12. The molecule has 1 spiro atoms. The molecular formula is C10H14O3. The molecule has 72 valence electrons. The fourth-order valence-electron chi connectivity index (χ4n) is 3.02. The zero-order valence-electron chi connectivity index (χ0n) is 7.79. The number of esters is 1. The first-order chi connectivity index (χ1) is 6.20. The van der Waals surface area contributed by atoms with Crippen molar-refractivity contribution in [1.82, 2.24) is 0 Å². The molecule has 0 aliphatic carbocycles. The Hall–Kier alpha value is -0.570. The van der Waals surface area contributed by atoms with Gasteiger partial charge in [0.1, 0.15) is 6.61 Å². The van der Waals surface area contributed by atoms with E-state index in [1.165, 1.54) is 0 Å². The second kappa shape index (κ2) is 2.27. The van der Waals surface area contributed by atoms with E-state index in [4.69, 9.17) is 9.47 Å². The highest BCUT2D eigenvalue weighted by molar-refractivity contribution is 5.72. The van der Waals surface area contributed by atoms with E-state index in [1.807, 2.05) is 0 Å². The van der Waals surface area contributed by atoms with Gasteiger partial charge in [-0.05, 0) is 18.8 Å². The molecule has 0 aromatic rings. The molecular weight excluding hydrogens is 168 g/mol. The minimum absolute atomic E-state index is 0.0381. The smallest absolute Gasteiger partial charge is 0.306 e. The van der Waals surface area contributed by atoms with Crippen molar-refractivity contribution in [3.05, 3.63) is 0 Å². The Morgan fingerprint density at radius 2 is 2.38 bits per heavy atom. The lowest BCUT2D eigenvalue weighted by Crippen LogP contribution is -2.35. The van der Waals surface area contributed by atoms with Crippen LogP contribution < -0.4 is 0 Å². The minimum atomic E-state index is -0.0381. The third-order valence-corrected chi connectivity index (χ3v) is 3.87. The Labute approximate surface area is 77.4 Å². The van der Waals surface area contributed by atoms with E-state index >= 15 is 0 Å². The summed E-state index contributed by atoms with van der Waals surface area (Å²) in [6, 6.07) is 0. The maximum absolute atomic E-state index is 11.1. The standard InChI is InChI=1S/C10H14O3/c1-6-2-8-10(3-7(6)13-8)4-9(11)12-5-10/h6-8H,2-5H2,1H3/t6-,7+,8?,10?/m1/s1. The monoisotopic (exact) mass is 182 g/mol. The normalized spacial score (nSPS) is 53.3. The number of ether oxygens (including phenoxy) is 2. The van der Waals surface area contributed by atoms with Crippen molar-refractivity contribution >= 4 is 5.97 Å². The summed E-state index contributed by atoms with van der Waals surface area (Å²) >= 11 is 0. The van der Waals surface area contributed by atoms with Crippen LogP contribution in [0.3, 0.4) is 0 Å². The molecule has 0 radical (unpaired) electrons. The molecule has 3 aliphatic rings. The second-order valence-corrected chi connectivity index (χ2v) is 4.78. The predicted molar refractivity (Wildman–Crippen MR) is 45.1 cm³/mol. The number of rotatable bonds is 0. The van der Waals surface area contributed by atoms with Gasteiger partial charge in [-0.3, -0.25) is 4.79 Å². The van der Waals surface area contributed by atoms with Crippen molar-refractivity contribution in [2.45, 2.75) is 38.4 Å². The van der Waals surface area contributed by atoms with Crippen LogP contribution in [-0.4, -0.2) is 24.8 Å². The van der Waals surface area contributed by atoms with Gasteiger partial charge in [0, 0.05) is 5.41 Å². The maximum Gasteiger partial charge on any atom is 0.306 e. The van der Waals surface area contributed by atoms with Gasteiger partial charge in [-0.2, -0.15) is 0 Å². The molecule has 0 aromatic heterocycles. The van der Waals surface area contributed by atoms with Gasteiger partial charge in [-0.25, -0.2) is 0 Å². The third kappa shape index (κ3) is 0.909. The molecule has 0 amide bonds. The van der Waals surface area contributed by atoms with Gasteiger partial charge in [-0.1, -0.05) is 6.92 Å². The van der Waals surface area contributed by atoms with Crippen molar-refractivity contribution in [2.24, 2.45) is 11.3 Å². The largest absolute Gasteiger partial charge is 0.465 e. The topological polar surface area (TPSA) is 35.5 Å². The number of carbonyl (C=O) groups excluding carboxylic acids is 1. The maximum atomic E-state index is 11.1. The van der Waals surface area contributed by atoms with Crippen molar-refractivity contribution in [2.75, 3.05) is 6.61 Å². The molecule has 2 unspecified atom stereocenters. The SMILES string of the molecule is C[C@@H]1CC2O[C@H]1CC21COC(=O)C1. The molecule has 3 saturated heterocycles. The van der Waals surface area contributed by atoms with Crippen molar-refractivity contribution in [3.8, 4) is 0 Å². The van der Waals surface area contributed by atoms with Crippen LogP contribution in [0.1, 0.15) is 26.2 Å². The van der Waals surface area contributed by atoms with E-state index in [9.17, 15) is 4.79 Å². The van der Waals surface area contributed by atoms with Gasteiger partial charge in [0.2, 0.25) is 0 Å². The summed E-state index contributed by atoms with van der Waals surface area (Å²) in [6.07, 6.45) is 3.41. The Morgan fingerprint density at radius 1 is 1.54 bits per heavy atom. The van der Waals surface area contributed by atoms with Crippen LogP contribution in [0.25, 0.3) is 0 Å². The first-order valence-corrected chi connectivity index (χ1v) is 5.01. The molecule has 4 atom stereocenters. The quantitative estimate of drug-likeness (QED) is 0.526. The lowest BCUT2D eigenvalue weighted by molar-refractivity contribution is -0.137. The average molecular weight is 182 g/mol. The highest BCUT2D eigenvalue weighted by Gasteiger charge is 2.58. The Morgan fingerprint density at radius 3 is 2.85 bits per heavy atom. The molecule has 0 N–H and O–H groups in total. The van der Waals surface area contributed by atoms with Gasteiger partial charge in [0.15, 0.2) is 0 Å². The number of cyclic esters (lactones) is 1. The number of hydrogen-bond acceptors (Lipinski definition) is 3. The van der Waals surface area contributed by atoms with E-state index in [0.717, 1.165) is 12.8 Å². The summed E-state index contributed by atoms with van der Waals surface area (Å²) in [5.74, 6) is 0.634.